The molecular weight excluding hydrogens is 252 g/mol. The smallest absolute Gasteiger partial charge is 0.337 e. The normalized spacial score (nSPS) is 10.8. The van der Waals surface area contributed by atoms with E-state index in [4.69, 9.17) is 5.11 Å². The summed E-state index contributed by atoms with van der Waals surface area (Å²) >= 11 is 0. The Hall–Kier alpha value is -1.58. The van der Waals surface area contributed by atoms with Crippen molar-refractivity contribution in [2.45, 2.75) is 52.9 Å². The van der Waals surface area contributed by atoms with E-state index in [1.165, 1.54) is 25.7 Å². The van der Waals surface area contributed by atoms with Crippen LogP contribution in [-0.2, 0) is 0 Å². The molecule has 0 aromatic carbocycles. The van der Waals surface area contributed by atoms with Crippen molar-refractivity contribution < 1.29 is 9.90 Å². The molecule has 4 heteroatoms. The number of carbonyl (C=O) groups is 1. The Labute approximate surface area is 121 Å². The average molecular weight is 278 g/mol. The lowest BCUT2D eigenvalue weighted by molar-refractivity contribution is 0.0695. The lowest BCUT2D eigenvalue weighted by Gasteiger charge is -2.08. The first-order valence-corrected chi connectivity index (χ1v) is 7.45. The highest BCUT2D eigenvalue weighted by Gasteiger charge is 2.08. The summed E-state index contributed by atoms with van der Waals surface area (Å²) in [7, 11) is 0. The maximum absolute atomic E-state index is 10.9. The van der Waals surface area contributed by atoms with Crippen molar-refractivity contribution in [3.05, 3.63) is 23.4 Å². The number of nitrogens with one attached hydrogen (secondary N) is 1. The molecule has 0 saturated heterocycles. The van der Waals surface area contributed by atoms with E-state index in [2.05, 4.69) is 24.1 Å². The van der Waals surface area contributed by atoms with Crippen molar-refractivity contribution in [2.24, 2.45) is 5.92 Å². The van der Waals surface area contributed by atoms with Crippen LogP contribution in [0.2, 0.25) is 0 Å². The number of unbranched alkanes of at least 4 members (excludes halogenated alkanes) is 3. The fourth-order valence-electron chi connectivity index (χ4n) is 2.13. The van der Waals surface area contributed by atoms with Gasteiger partial charge >= 0.3 is 5.97 Å². The van der Waals surface area contributed by atoms with Crippen molar-refractivity contribution in [3.63, 3.8) is 0 Å². The fraction of sp³-hybridized carbons (Fsp3) is 0.625. The number of anilines is 1. The van der Waals surface area contributed by atoms with Gasteiger partial charge in [0.25, 0.3) is 0 Å². The van der Waals surface area contributed by atoms with Gasteiger partial charge in [-0.1, -0.05) is 39.5 Å². The van der Waals surface area contributed by atoms with Crippen molar-refractivity contribution in [1.82, 2.24) is 4.98 Å². The van der Waals surface area contributed by atoms with Crippen LogP contribution in [0.25, 0.3) is 0 Å². The molecule has 1 aromatic rings. The Kier molecular flexibility index (Phi) is 7.05. The fourth-order valence-corrected chi connectivity index (χ4v) is 2.13. The first-order chi connectivity index (χ1) is 9.50. The number of aryl methyl sites for hydroxylation is 1. The summed E-state index contributed by atoms with van der Waals surface area (Å²) in [5.41, 5.74) is 0.823. The Morgan fingerprint density at radius 1 is 1.25 bits per heavy atom. The number of hydrogen-bond acceptors (Lipinski definition) is 3. The zero-order valence-electron chi connectivity index (χ0n) is 12.8. The molecule has 0 aliphatic heterocycles. The van der Waals surface area contributed by atoms with Crippen molar-refractivity contribution in [2.75, 3.05) is 11.9 Å². The van der Waals surface area contributed by atoms with Gasteiger partial charge in [-0.15, -0.1) is 0 Å². The van der Waals surface area contributed by atoms with E-state index in [0.717, 1.165) is 24.7 Å². The van der Waals surface area contributed by atoms with Crippen LogP contribution in [0.3, 0.4) is 0 Å². The molecule has 112 valence electrons. The van der Waals surface area contributed by atoms with E-state index >= 15 is 0 Å². The second kappa shape index (κ2) is 8.56. The third kappa shape index (κ3) is 6.04. The zero-order chi connectivity index (χ0) is 15.0. The van der Waals surface area contributed by atoms with E-state index in [-0.39, 0.29) is 5.56 Å². The predicted molar refractivity (Wildman–Crippen MR) is 82.3 cm³/mol. The number of aromatic carboxylic acids is 1. The number of carboxylic acid groups (broad SMARTS) is 1. The molecule has 0 unspecified atom stereocenters. The summed E-state index contributed by atoms with van der Waals surface area (Å²) in [4.78, 5) is 15.1. The molecule has 0 atom stereocenters. The lowest BCUT2D eigenvalue weighted by atomic mass is 10.0. The molecule has 0 aliphatic rings. The summed E-state index contributed by atoms with van der Waals surface area (Å²) < 4.78 is 0. The van der Waals surface area contributed by atoms with Gasteiger partial charge in [0, 0.05) is 6.54 Å². The van der Waals surface area contributed by atoms with Crippen LogP contribution >= 0.6 is 0 Å². The maximum atomic E-state index is 10.9. The molecule has 0 saturated carbocycles. The van der Waals surface area contributed by atoms with Gasteiger partial charge in [-0.25, -0.2) is 9.78 Å². The van der Waals surface area contributed by atoms with Crippen molar-refractivity contribution in [3.8, 4) is 0 Å². The average Bonchev–Trinajstić information content (AvgIpc) is 2.37. The molecule has 0 spiro atoms. The molecule has 20 heavy (non-hydrogen) atoms. The number of aromatic nitrogens is 1. The molecule has 0 aliphatic carbocycles. The van der Waals surface area contributed by atoms with Crippen molar-refractivity contribution >= 4 is 11.8 Å². The van der Waals surface area contributed by atoms with Crippen LogP contribution in [0.15, 0.2) is 12.1 Å². The molecular formula is C16H26N2O2. The standard InChI is InChI=1S/C16H26N2O2/c1-12(2)8-6-4-5-7-11-17-15-10-9-14(16(19)20)13(3)18-15/h9-10,12H,4-8,11H2,1-3H3,(H,17,18)(H,19,20). The first kappa shape index (κ1) is 16.5. The van der Waals surface area contributed by atoms with Gasteiger partial charge in [0.1, 0.15) is 5.82 Å². The monoisotopic (exact) mass is 278 g/mol. The molecule has 2 N–H and O–H groups in total. The number of pyridine rings is 1. The van der Waals surface area contributed by atoms with E-state index in [1.54, 1.807) is 19.1 Å². The summed E-state index contributed by atoms with van der Waals surface area (Å²) in [6.07, 6.45) is 6.25. The molecule has 1 rings (SSSR count). The van der Waals surface area contributed by atoms with E-state index in [9.17, 15) is 4.79 Å². The summed E-state index contributed by atoms with van der Waals surface area (Å²) in [5.74, 6) is 0.634. The minimum Gasteiger partial charge on any atom is -0.478 e. The second-order valence-corrected chi connectivity index (χ2v) is 5.66. The maximum Gasteiger partial charge on any atom is 0.337 e. The number of nitrogens with zero attached hydrogens (tertiary/aromatic N) is 1. The van der Waals surface area contributed by atoms with Crippen LogP contribution in [0.1, 0.15) is 62.0 Å². The molecule has 1 aromatic heterocycles. The molecule has 0 fully saturated rings. The Morgan fingerprint density at radius 2 is 1.95 bits per heavy atom. The first-order valence-electron chi connectivity index (χ1n) is 7.45. The van der Waals surface area contributed by atoms with Crippen LogP contribution in [0.4, 0.5) is 5.82 Å². The highest BCUT2D eigenvalue weighted by Crippen LogP contribution is 2.12. The number of rotatable bonds is 9. The van der Waals surface area contributed by atoms with E-state index in [1.807, 2.05) is 0 Å². The van der Waals surface area contributed by atoms with Gasteiger partial charge in [-0.2, -0.15) is 0 Å². The quantitative estimate of drug-likeness (QED) is 0.667. The number of carboxylic acids is 1. The highest BCUT2D eigenvalue weighted by molar-refractivity contribution is 5.89. The zero-order valence-corrected chi connectivity index (χ0v) is 12.8. The molecule has 1 heterocycles. The Morgan fingerprint density at radius 3 is 2.55 bits per heavy atom. The third-order valence-corrected chi connectivity index (χ3v) is 3.33. The molecule has 0 radical (unpaired) electrons. The van der Waals surface area contributed by atoms with Gasteiger partial charge in [-0.05, 0) is 31.4 Å². The largest absolute Gasteiger partial charge is 0.478 e. The van der Waals surface area contributed by atoms with Gasteiger partial charge < -0.3 is 10.4 Å². The van der Waals surface area contributed by atoms with Crippen LogP contribution < -0.4 is 5.32 Å². The van der Waals surface area contributed by atoms with Gasteiger partial charge in [-0.3, -0.25) is 0 Å². The molecule has 0 bridgehead atoms. The summed E-state index contributed by atoms with van der Waals surface area (Å²) in [6.45, 7) is 7.13. The number of hydrogen-bond donors (Lipinski definition) is 2. The second-order valence-electron chi connectivity index (χ2n) is 5.66. The van der Waals surface area contributed by atoms with Gasteiger partial charge in [0.15, 0.2) is 0 Å². The highest BCUT2D eigenvalue weighted by atomic mass is 16.4. The van der Waals surface area contributed by atoms with Crippen LogP contribution in [-0.4, -0.2) is 22.6 Å². The van der Waals surface area contributed by atoms with Crippen LogP contribution in [0.5, 0.6) is 0 Å². The van der Waals surface area contributed by atoms with E-state index in [0.29, 0.717) is 5.69 Å². The minimum absolute atomic E-state index is 0.268. The molecule has 4 nitrogen and oxygen atoms in total. The van der Waals surface area contributed by atoms with Gasteiger partial charge in [0.2, 0.25) is 0 Å². The lowest BCUT2D eigenvalue weighted by Crippen LogP contribution is -2.07. The predicted octanol–water partition coefficient (Wildman–Crippen LogP) is 4.11. The minimum atomic E-state index is -0.924. The van der Waals surface area contributed by atoms with E-state index < -0.39 is 5.97 Å². The third-order valence-electron chi connectivity index (χ3n) is 3.33. The topological polar surface area (TPSA) is 62.2 Å². The summed E-state index contributed by atoms with van der Waals surface area (Å²) in [5, 5.41) is 12.2. The van der Waals surface area contributed by atoms with Gasteiger partial charge in [0.05, 0.1) is 11.3 Å². The van der Waals surface area contributed by atoms with Crippen molar-refractivity contribution in [1.29, 1.82) is 0 Å². The van der Waals surface area contributed by atoms with Crippen LogP contribution in [0, 0.1) is 12.8 Å². The SMILES string of the molecule is Cc1nc(NCCCCCCC(C)C)ccc1C(=O)O. The Bertz CT molecular complexity index is 430. The summed E-state index contributed by atoms with van der Waals surface area (Å²) in [6, 6.07) is 3.34. The molecule has 0 amide bonds. The Balaban J connectivity index is 2.22.